The Bertz CT molecular complexity index is 508. The minimum Gasteiger partial charge on any atom is -0.492 e. The summed E-state index contributed by atoms with van der Waals surface area (Å²) in [6.07, 6.45) is 0. The zero-order chi connectivity index (χ0) is 13.0. The molecule has 0 amide bonds. The first-order valence-corrected chi connectivity index (χ1v) is 5.97. The number of aromatic nitrogens is 2. The van der Waals surface area contributed by atoms with Crippen LogP contribution >= 0.6 is 0 Å². The van der Waals surface area contributed by atoms with Crippen LogP contribution < -0.4 is 10.5 Å². The Labute approximate surface area is 106 Å². The molecule has 96 valence electrons. The molecule has 0 saturated heterocycles. The lowest BCUT2D eigenvalue weighted by Crippen LogP contribution is -2.10. The molecule has 0 spiro atoms. The van der Waals surface area contributed by atoms with E-state index >= 15 is 0 Å². The molecule has 0 aliphatic rings. The Morgan fingerprint density at radius 1 is 1.39 bits per heavy atom. The minimum atomic E-state index is 0.249. The smallest absolute Gasteiger partial charge is 0.258 e. The van der Waals surface area contributed by atoms with Crippen molar-refractivity contribution >= 4 is 0 Å². The predicted molar refractivity (Wildman–Crippen MR) is 68.4 cm³/mol. The summed E-state index contributed by atoms with van der Waals surface area (Å²) in [5, 5.41) is 3.94. The summed E-state index contributed by atoms with van der Waals surface area (Å²) in [5.74, 6) is 2.22. The molecule has 1 heterocycles. The van der Waals surface area contributed by atoms with E-state index in [9.17, 15) is 0 Å². The van der Waals surface area contributed by atoms with Gasteiger partial charge >= 0.3 is 0 Å². The predicted octanol–water partition coefficient (Wildman–Crippen LogP) is 2.20. The fourth-order valence-electron chi connectivity index (χ4n) is 1.48. The maximum absolute atomic E-state index is 5.46. The van der Waals surface area contributed by atoms with E-state index in [0.717, 1.165) is 11.3 Å². The van der Waals surface area contributed by atoms with Crippen LogP contribution in [-0.4, -0.2) is 23.3 Å². The minimum absolute atomic E-state index is 0.249. The SMILES string of the molecule is CC(C)c1noc(-c2cccc(OCCN)c2)n1. The second-order valence-electron chi connectivity index (χ2n) is 4.28. The van der Waals surface area contributed by atoms with Gasteiger partial charge in [-0.05, 0) is 18.2 Å². The van der Waals surface area contributed by atoms with Crippen molar-refractivity contribution in [2.75, 3.05) is 13.2 Å². The van der Waals surface area contributed by atoms with Crippen LogP contribution in [0.2, 0.25) is 0 Å². The highest BCUT2D eigenvalue weighted by atomic mass is 16.5. The molecule has 0 aliphatic carbocycles. The molecule has 2 aromatic rings. The van der Waals surface area contributed by atoms with Gasteiger partial charge in [0.1, 0.15) is 12.4 Å². The molecule has 2 N–H and O–H groups in total. The van der Waals surface area contributed by atoms with Crippen molar-refractivity contribution in [3.05, 3.63) is 30.1 Å². The summed E-state index contributed by atoms with van der Waals surface area (Å²) >= 11 is 0. The lowest BCUT2D eigenvalue weighted by atomic mass is 10.2. The molecule has 0 unspecified atom stereocenters. The maximum Gasteiger partial charge on any atom is 0.258 e. The van der Waals surface area contributed by atoms with E-state index in [-0.39, 0.29) is 5.92 Å². The number of nitrogens with two attached hydrogens (primary N) is 1. The quantitative estimate of drug-likeness (QED) is 0.876. The molecule has 0 atom stereocenters. The van der Waals surface area contributed by atoms with E-state index in [1.54, 1.807) is 0 Å². The molecular formula is C13H17N3O2. The van der Waals surface area contributed by atoms with Crippen molar-refractivity contribution in [3.8, 4) is 17.2 Å². The van der Waals surface area contributed by atoms with Crippen LogP contribution in [0.15, 0.2) is 28.8 Å². The molecular weight excluding hydrogens is 230 g/mol. The summed E-state index contributed by atoms with van der Waals surface area (Å²) in [6.45, 7) is 5.03. The average molecular weight is 247 g/mol. The monoisotopic (exact) mass is 247 g/mol. The third-order valence-corrected chi connectivity index (χ3v) is 2.43. The molecule has 2 rings (SSSR count). The maximum atomic E-state index is 5.46. The van der Waals surface area contributed by atoms with Crippen LogP contribution in [0.5, 0.6) is 5.75 Å². The summed E-state index contributed by atoms with van der Waals surface area (Å²) in [6, 6.07) is 7.54. The van der Waals surface area contributed by atoms with Gasteiger partial charge in [0, 0.05) is 18.0 Å². The first kappa shape index (κ1) is 12.6. The Balaban J connectivity index is 2.21. The van der Waals surface area contributed by atoms with Gasteiger partial charge in [0.05, 0.1) is 0 Å². The fraction of sp³-hybridized carbons (Fsp3) is 0.385. The van der Waals surface area contributed by atoms with E-state index in [1.807, 2.05) is 38.1 Å². The first-order valence-electron chi connectivity index (χ1n) is 5.97. The fourth-order valence-corrected chi connectivity index (χ4v) is 1.48. The largest absolute Gasteiger partial charge is 0.492 e. The molecule has 0 saturated carbocycles. The number of hydrogen-bond donors (Lipinski definition) is 1. The molecule has 0 bridgehead atoms. The van der Waals surface area contributed by atoms with Crippen LogP contribution in [0.1, 0.15) is 25.6 Å². The summed E-state index contributed by atoms with van der Waals surface area (Å²) in [7, 11) is 0. The van der Waals surface area contributed by atoms with Gasteiger partial charge in [-0.1, -0.05) is 25.1 Å². The van der Waals surface area contributed by atoms with E-state index in [1.165, 1.54) is 0 Å². The standard InChI is InChI=1S/C13H17N3O2/c1-9(2)12-15-13(18-16-12)10-4-3-5-11(8-10)17-7-6-14/h3-5,8-9H,6-7,14H2,1-2H3. The lowest BCUT2D eigenvalue weighted by molar-refractivity contribution is 0.328. The van der Waals surface area contributed by atoms with Gasteiger partial charge in [-0.15, -0.1) is 0 Å². The van der Waals surface area contributed by atoms with Crippen LogP contribution in [0.4, 0.5) is 0 Å². The molecule has 5 nitrogen and oxygen atoms in total. The summed E-state index contributed by atoms with van der Waals surface area (Å²) in [5.41, 5.74) is 6.25. The van der Waals surface area contributed by atoms with Crippen molar-refractivity contribution in [1.82, 2.24) is 10.1 Å². The van der Waals surface area contributed by atoms with Crippen molar-refractivity contribution in [2.24, 2.45) is 5.73 Å². The lowest BCUT2D eigenvalue weighted by Gasteiger charge is -2.04. The Morgan fingerprint density at radius 3 is 2.89 bits per heavy atom. The van der Waals surface area contributed by atoms with Gasteiger partial charge in [0.25, 0.3) is 5.89 Å². The highest BCUT2D eigenvalue weighted by Crippen LogP contribution is 2.23. The highest BCUT2D eigenvalue weighted by Gasteiger charge is 2.11. The van der Waals surface area contributed by atoms with E-state index in [4.69, 9.17) is 15.0 Å². The third kappa shape index (κ3) is 2.87. The molecule has 5 heteroatoms. The number of ether oxygens (including phenoxy) is 1. The van der Waals surface area contributed by atoms with Gasteiger partial charge < -0.3 is 15.0 Å². The molecule has 0 radical (unpaired) electrons. The molecule has 0 aliphatic heterocycles. The molecule has 1 aromatic carbocycles. The van der Waals surface area contributed by atoms with Gasteiger partial charge in [-0.25, -0.2) is 0 Å². The van der Waals surface area contributed by atoms with Gasteiger partial charge in [-0.2, -0.15) is 4.98 Å². The normalized spacial score (nSPS) is 10.9. The van der Waals surface area contributed by atoms with Crippen LogP contribution in [0.25, 0.3) is 11.5 Å². The van der Waals surface area contributed by atoms with Crippen LogP contribution in [-0.2, 0) is 0 Å². The Hall–Kier alpha value is -1.88. The number of hydrogen-bond acceptors (Lipinski definition) is 5. The molecule has 0 fully saturated rings. The molecule has 1 aromatic heterocycles. The highest BCUT2D eigenvalue weighted by molar-refractivity contribution is 5.55. The second-order valence-corrected chi connectivity index (χ2v) is 4.28. The first-order chi connectivity index (χ1) is 8.70. The number of rotatable bonds is 5. The molecule has 18 heavy (non-hydrogen) atoms. The van der Waals surface area contributed by atoms with E-state index in [0.29, 0.717) is 24.9 Å². The van der Waals surface area contributed by atoms with Gasteiger partial charge in [-0.3, -0.25) is 0 Å². The van der Waals surface area contributed by atoms with Crippen molar-refractivity contribution in [1.29, 1.82) is 0 Å². The topological polar surface area (TPSA) is 74.2 Å². The van der Waals surface area contributed by atoms with Crippen LogP contribution in [0, 0.1) is 0 Å². The zero-order valence-corrected chi connectivity index (χ0v) is 10.6. The Kier molecular flexibility index (Phi) is 3.94. The zero-order valence-electron chi connectivity index (χ0n) is 10.6. The van der Waals surface area contributed by atoms with Gasteiger partial charge in [0.2, 0.25) is 0 Å². The average Bonchev–Trinajstić information content (AvgIpc) is 2.86. The van der Waals surface area contributed by atoms with Crippen molar-refractivity contribution < 1.29 is 9.26 Å². The second kappa shape index (κ2) is 5.64. The number of nitrogens with zero attached hydrogens (tertiary/aromatic N) is 2. The van der Waals surface area contributed by atoms with Crippen molar-refractivity contribution in [3.63, 3.8) is 0 Å². The van der Waals surface area contributed by atoms with Gasteiger partial charge in [0.15, 0.2) is 5.82 Å². The van der Waals surface area contributed by atoms with Crippen LogP contribution in [0.3, 0.4) is 0 Å². The Morgan fingerprint density at radius 2 is 2.22 bits per heavy atom. The third-order valence-electron chi connectivity index (χ3n) is 2.43. The van der Waals surface area contributed by atoms with E-state index in [2.05, 4.69) is 10.1 Å². The van der Waals surface area contributed by atoms with Crippen molar-refractivity contribution in [2.45, 2.75) is 19.8 Å². The summed E-state index contributed by atoms with van der Waals surface area (Å²) < 4.78 is 10.7. The summed E-state index contributed by atoms with van der Waals surface area (Å²) in [4.78, 5) is 4.34. The van der Waals surface area contributed by atoms with E-state index < -0.39 is 0 Å². The number of benzene rings is 1.